The van der Waals surface area contributed by atoms with Crippen LogP contribution in [0, 0.1) is 0 Å². The van der Waals surface area contributed by atoms with Gasteiger partial charge in [0.25, 0.3) is 0 Å². The highest BCUT2D eigenvalue weighted by molar-refractivity contribution is 5.89. The van der Waals surface area contributed by atoms with Gasteiger partial charge in [-0.15, -0.1) is 0 Å². The zero-order chi connectivity index (χ0) is 13.4. The van der Waals surface area contributed by atoms with Gasteiger partial charge in [-0.1, -0.05) is 6.07 Å². The molecule has 1 N–H and O–H groups in total. The van der Waals surface area contributed by atoms with Crippen molar-refractivity contribution in [3.63, 3.8) is 0 Å². The van der Waals surface area contributed by atoms with Gasteiger partial charge in [-0.2, -0.15) is 0 Å². The molecule has 1 heterocycles. The van der Waals surface area contributed by atoms with Crippen LogP contribution in [-0.2, 0) is 6.42 Å². The summed E-state index contributed by atoms with van der Waals surface area (Å²) in [5.41, 5.74) is 2.46. The SMILES string of the molecule is CN(C)CCc1cn(C2CCC2)c2cccc(O)c12. The Bertz CT molecular complexity index is 582. The number of benzene rings is 1. The third kappa shape index (κ3) is 2.23. The lowest BCUT2D eigenvalue weighted by Crippen LogP contribution is -2.16. The molecule has 0 spiro atoms. The van der Waals surface area contributed by atoms with E-state index >= 15 is 0 Å². The predicted octanol–water partition coefficient (Wildman–Crippen LogP) is 3.18. The summed E-state index contributed by atoms with van der Waals surface area (Å²) in [6.45, 7) is 1.01. The van der Waals surface area contributed by atoms with E-state index in [9.17, 15) is 5.11 Å². The average Bonchev–Trinajstić information content (AvgIpc) is 2.65. The van der Waals surface area contributed by atoms with Gasteiger partial charge in [-0.3, -0.25) is 0 Å². The van der Waals surface area contributed by atoms with E-state index in [1.807, 2.05) is 6.07 Å². The summed E-state index contributed by atoms with van der Waals surface area (Å²) < 4.78 is 2.38. The Hall–Kier alpha value is -1.48. The molecule has 1 aliphatic rings. The minimum atomic E-state index is 0.421. The Labute approximate surface area is 114 Å². The van der Waals surface area contributed by atoms with Crippen LogP contribution in [0.3, 0.4) is 0 Å². The van der Waals surface area contributed by atoms with Gasteiger partial charge >= 0.3 is 0 Å². The minimum absolute atomic E-state index is 0.421. The van der Waals surface area contributed by atoms with E-state index in [4.69, 9.17) is 0 Å². The summed E-state index contributed by atoms with van der Waals surface area (Å²) in [5.74, 6) is 0.421. The summed E-state index contributed by atoms with van der Waals surface area (Å²) in [5, 5.41) is 11.2. The van der Waals surface area contributed by atoms with Crippen LogP contribution in [0.4, 0.5) is 0 Å². The maximum Gasteiger partial charge on any atom is 0.125 e. The van der Waals surface area contributed by atoms with Gasteiger partial charge in [0.1, 0.15) is 5.75 Å². The summed E-state index contributed by atoms with van der Waals surface area (Å²) in [6.07, 6.45) is 7.12. The smallest absolute Gasteiger partial charge is 0.125 e. The lowest BCUT2D eigenvalue weighted by Gasteiger charge is -2.28. The Kier molecular flexibility index (Phi) is 3.23. The molecule has 2 aromatic rings. The first-order valence-electron chi connectivity index (χ1n) is 7.13. The fraction of sp³-hybridized carbons (Fsp3) is 0.500. The minimum Gasteiger partial charge on any atom is -0.507 e. The second-order valence-corrected chi connectivity index (χ2v) is 5.87. The molecule has 1 aromatic heterocycles. The molecule has 3 heteroatoms. The lowest BCUT2D eigenvalue weighted by atomic mass is 9.93. The van der Waals surface area contributed by atoms with Gasteiger partial charge in [0.2, 0.25) is 0 Å². The van der Waals surface area contributed by atoms with Gasteiger partial charge in [-0.25, -0.2) is 0 Å². The van der Waals surface area contributed by atoms with Crippen molar-refractivity contribution in [3.8, 4) is 5.75 Å². The maximum atomic E-state index is 10.2. The standard InChI is InChI=1S/C16H22N2O/c1-17(2)10-9-12-11-18(13-5-3-6-13)14-7-4-8-15(19)16(12)14/h4,7-8,11,13,19H,3,5-6,9-10H2,1-2H3. The van der Waals surface area contributed by atoms with E-state index in [-0.39, 0.29) is 0 Å². The van der Waals surface area contributed by atoms with Gasteiger partial charge in [-0.05, 0) is 57.5 Å². The lowest BCUT2D eigenvalue weighted by molar-refractivity contribution is 0.321. The van der Waals surface area contributed by atoms with Gasteiger partial charge in [0.15, 0.2) is 0 Å². The number of aromatic nitrogens is 1. The monoisotopic (exact) mass is 258 g/mol. The molecule has 1 saturated carbocycles. The predicted molar refractivity (Wildman–Crippen MR) is 78.7 cm³/mol. The number of fused-ring (bicyclic) bond motifs is 1. The number of hydrogen-bond donors (Lipinski definition) is 1. The van der Waals surface area contributed by atoms with Crippen molar-refractivity contribution >= 4 is 10.9 Å². The third-order valence-electron chi connectivity index (χ3n) is 4.21. The van der Waals surface area contributed by atoms with Crippen molar-refractivity contribution in [2.24, 2.45) is 0 Å². The first-order chi connectivity index (χ1) is 9.16. The molecule has 0 bridgehead atoms. The van der Waals surface area contributed by atoms with Crippen LogP contribution in [0.1, 0.15) is 30.9 Å². The van der Waals surface area contributed by atoms with Crippen LogP contribution in [0.15, 0.2) is 24.4 Å². The number of aromatic hydroxyl groups is 1. The molecule has 3 rings (SSSR count). The molecular weight excluding hydrogens is 236 g/mol. The molecule has 0 saturated heterocycles. The Morgan fingerprint density at radius 1 is 1.32 bits per heavy atom. The Morgan fingerprint density at radius 2 is 2.11 bits per heavy atom. The summed E-state index contributed by atoms with van der Waals surface area (Å²) in [7, 11) is 4.18. The Morgan fingerprint density at radius 3 is 2.74 bits per heavy atom. The average molecular weight is 258 g/mol. The highest BCUT2D eigenvalue weighted by Crippen LogP contribution is 2.38. The molecule has 0 aliphatic heterocycles. The second kappa shape index (κ2) is 4.89. The van der Waals surface area contributed by atoms with Crippen molar-refractivity contribution in [3.05, 3.63) is 30.0 Å². The van der Waals surface area contributed by atoms with E-state index < -0.39 is 0 Å². The third-order valence-corrected chi connectivity index (χ3v) is 4.21. The molecular formula is C16H22N2O. The molecule has 1 fully saturated rings. The number of hydrogen-bond acceptors (Lipinski definition) is 2. The second-order valence-electron chi connectivity index (χ2n) is 5.87. The summed E-state index contributed by atoms with van der Waals surface area (Å²) >= 11 is 0. The number of phenolic OH excluding ortho intramolecular Hbond substituents is 1. The number of likely N-dealkylation sites (N-methyl/N-ethyl adjacent to an activating group) is 1. The van der Waals surface area contributed by atoms with Gasteiger partial charge < -0.3 is 14.6 Å². The molecule has 1 aromatic carbocycles. The molecule has 0 amide bonds. The molecule has 0 radical (unpaired) electrons. The molecule has 1 aliphatic carbocycles. The van der Waals surface area contributed by atoms with Crippen LogP contribution in [0.25, 0.3) is 10.9 Å². The first-order valence-corrected chi connectivity index (χ1v) is 7.13. The highest BCUT2D eigenvalue weighted by atomic mass is 16.3. The zero-order valence-corrected chi connectivity index (χ0v) is 11.8. The number of rotatable bonds is 4. The quantitative estimate of drug-likeness (QED) is 0.912. The van der Waals surface area contributed by atoms with Crippen LogP contribution in [0.5, 0.6) is 5.75 Å². The van der Waals surface area contributed by atoms with Crippen molar-refractivity contribution in [1.82, 2.24) is 9.47 Å². The fourth-order valence-electron chi connectivity index (χ4n) is 2.88. The highest BCUT2D eigenvalue weighted by Gasteiger charge is 2.22. The summed E-state index contributed by atoms with van der Waals surface area (Å²) in [6, 6.07) is 6.51. The van der Waals surface area contributed by atoms with Crippen molar-refractivity contribution in [1.29, 1.82) is 0 Å². The Balaban J connectivity index is 2.04. The van der Waals surface area contributed by atoms with Crippen molar-refractivity contribution in [2.45, 2.75) is 31.7 Å². The van der Waals surface area contributed by atoms with Crippen molar-refractivity contribution in [2.75, 3.05) is 20.6 Å². The van der Waals surface area contributed by atoms with E-state index in [2.05, 4.69) is 35.8 Å². The van der Waals surface area contributed by atoms with Crippen LogP contribution in [0.2, 0.25) is 0 Å². The fourth-order valence-corrected chi connectivity index (χ4v) is 2.88. The van der Waals surface area contributed by atoms with E-state index in [0.29, 0.717) is 11.8 Å². The molecule has 102 valence electrons. The van der Waals surface area contributed by atoms with Gasteiger partial charge in [0, 0.05) is 24.2 Å². The maximum absolute atomic E-state index is 10.2. The largest absolute Gasteiger partial charge is 0.507 e. The number of phenols is 1. The molecule has 0 atom stereocenters. The normalized spacial score (nSPS) is 16.2. The van der Waals surface area contributed by atoms with Gasteiger partial charge in [0.05, 0.1) is 5.52 Å². The topological polar surface area (TPSA) is 28.4 Å². The van der Waals surface area contributed by atoms with Crippen LogP contribution < -0.4 is 0 Å². The van der Waals surface area contributed by atoms with Crippen LogP contribution in [-0.4, -0.2) is 35.2 Å². The number of nitrogens with zero attached hydrogens (tertiary/aromatic N) is 2. The molecule has 0 unspecified atom stereocenters. The zero-order valence-electron chi connectivity index (χ0n) is 11.8. The molecule has 3 nitrogen and oxygen atoms in total. The van der Waals surface area contributed by atoms with E-state index in [1.165, 1.54) is 30.3 Å². The van der Waals surface area contributed by atoms with Crippen LogP contribution >= 0.6 is 0 Å². The van der Waals surface area contributed by atoms with Crippen molar-refractivity contribution < 1.29 is 5.11 Å². The summed E-state index contributed by atoms with van der Waals surface area (Å²) in [4.78, 5) is 2.19. The van der Waals surface area contributed by atoms with E-state index in [1.54, 1.807) is 6.07 Å². The molecule has 19 heavy (non-hydrogen) atoms. The first kappa shape index (κ1) is 12.5. The van der Waals surface area contributed by atoms with E-state index in [0.717, 1.165) is 18.4 Å².